The Morgan fingerprint density at radius 2 is 0.974 bits per heavy atom. The lowest BCUT2D eigenvalue weighted by Crippen LogP contribution is -2.30. The first-order valence-electron chi connectivity index (χ1n) is 15.9. The number of carbonyl (C=O) groups excluding carboxylic acids is 2. The number of ether oxygens (including phenoxy) is 2. The van der Waals surface area contributed by atoms with Crippen LogP contribution in [0.25, 0.3) is 0 Å². The lowest BCUT2D eigenvalue weighted by molar-refractivity contribution is -0.137. The van der Waals surface area contributed by atoms with Crippen molar-refractivity contribution in [3.05, 3.63) is 0 Å². The molecular formula is C31H62N2O5. The van der Waals surface area contributed by atoms with E-state index in [2.05, 4.69) is 10.1 Å². The number of unbranched alkanes of at least 4 members (excludes halogenated alkanes) is 22. The molecule has 0 saturated heterocycles. The number of amides is 1. The van der Waals surface area contributed by atoms with Gasteiger partial charge in [0.25, 0.3) is 0 Å². The lowest BCUT2D eigenvalue weighted by atomic mass is 10.0. The standard InChI is InChI=1S/C31H62N2O5/c1-37-28-29(34)27-33-26-24-22-20-18-16-14-12-10-8-6-4-2-3-5-7-9-11-13-15-17-19-21-23-25-30(35)38-31(32)36/h29,33-34H,2-28H2,1H3,(H2,32,36). The molecule has 0 aliphatic heterocycles. The van der Waals surface area contributed by atoms with Crippen molar-refractivity contribution in [1.82, 2.24) is 5.32 Å². The number of aliphatic hydroxyl groups excluding tert-OH is 1. The Morgan fingerprint density at radius 3 is 1.32 bits per heavy atom. The fraction of sp³-hybridized carbons (Fsp3) is 0.935. The number of aliphatic hydroxyl groups is 1. The highest BCUT2D eigenvalue weighted by atomic mass is 16.6. The summed E-state index contributed by atoms with van der Waals surface area (Å²) in [6, 6.07) is 0. The Bertz CT molecular complexity index is 518. The van der Waals surface area contributed by atoms with Crippen molar-refractivity contribution in [1.29, 1.82) is 0 Å². The molecule has 226 valence electrons. The van der Waals surface area contributed by atoms with Crippen LogP contribution in [0.1, 0.15) is 154 Å². The minimum atomic E-state index is -1.01. The second-order valence-electron chi connectivity index (χ2n) is 11.0. The Balaban J connectivity index is 3.09. The SMILES string of the molecule is COCC(O)CNCCCCCCCCCCCCCCCCCCCCCCCCCC(=O)OC(N)=O. The fourth-order valence-electron chi connectivity index (χ4n) is 4.91. The average molecular weight is 543 g/mol. The van der Waals surface area contributed by atoms with Crippen LogP contribution < -0.4 is 11.1 Å². The summed E-state index contributed by atoms with van der Waals surface area (Å²) in [5, 5.41) is 12.8. The highest BCUT2D eigenvalue weighted by Gasteiger charge is 2.05. The van der Waals surface area contributed by atoms with Crippen LogP contribution in [0.2, 0.25) is 0 Å². The van der Waals surface area contributed by atoms with Gasteiger partial charge in [0, 0.05) is 20.1 Å². The smallest absolute Gasteiger partial charge is 0.389 e. The van der Waals surface area contributed by atoms with E-state index in [0.29, 0.717) is 13.2 Å². The molecule has 0 aliphatic rings. The van der Waals surface area contributed by atoms with Crippen LogP contribution in [-0.4, -0.2) is 50.1 Å². The molecule has 1 atom stereocenters. The van der Waals surface area contributed by atoms with E-state index < -0.39 is 12.1 Å². The van der Waals surface area contributed by atoms with Gasteiger partial charge in [-0.2, -0.15) is 0 Å². The van der Waals surface area contributed by atoms with Gasteiger partial charge < -0.3 is 25.6 Å². The molecule has 0 radical (unpaired) electrons. The number of rotatable bonds is 30. The molecule has 0 aliphatic carbocycles. The number of hydrogen-bond acceptors (Lipinski definition) is 6. The molecule has 0 bridgehead atoms. The molecular weight excluding hydrogens is 480 g/mol. The first-order chi connectivity index (χ1) is 18.6. The molecule has 0 aromatic heterocycles. The normalized spacial score (nSPS) is 12.1. The molecule has 0 saturated carbocycles. The number of nitrogens with two attached hydrogens (primary N) is 1. The van der Waals surface area contributed by atoms with Gasteiger partial charge in [-0.25, -0.2) is 4.79 Å². The third-order valence-electron chi connectivity index (χ3n) is 7.19. The van der Waals surface area contributed by atoms with Crippen LogP contribution in [0.15, 0.2) is 0 Å². The summed E-state index contributed by atoms with van der Waals surface area (Å²) in [5.41, 5.74) is 4.81. The molecule has 0 spiro atoms. The highest BCUT2D eigenvalue weighted by Crippen LogP contribution is 2.15. The molecule has 7 nitrogen and oxygen atoms in total. The molecule has 0 aromatic carbocycles. The zero-order valence-electron chi connectivity index (χ0n) is 24.8. The second-order valence-corrected chi connectivity index (χ2v) is 11.0. The number of esters is 1. The van der Waals surface area contributed by atoms with Gasteiger partial charge in [0.05, 0.1) is 12.7 Å². The van der Waals surface area contributed by atoms with Gasteiger partial charge in [-0.05, 0) is 19.4 Å². The molecule has 0 fully saturated rings. The molecule has 4 N–H and O–H groups in total. The summed E-state index contributed by atoms with van der Waals surface area (Å²) in [7, 11) is 1.62. The zero-order chi connectivity index (χ0) is 27.9. The van der Waals surface area contributed by atoms with E-state index in [1.807, 2.05) is 0 Å². The van der Waals surface area contributed by atoms with Crippen molar-refractivity contribution < 1.29 is 24.2 Å². The van der Waals surface area contributed by atoms with E-state index in [9.17, 15) is 14.7 Å². The van der Waals surface area contributed by atoms with Crippen molar-refractivity contribution >= 4 is 12.1 Å². The van der Waals surface area contributed by atoms with Crippen molar-refractivity contribution in [2.75, 3.05) is 26.8 Å². The monoisotopic (exact) mass is 542 g/mol. The number of carbonyl (C=O) groups is 2. The first-order valence-corrected chi connectivity index (χ1v) is 15.9. The fourth-order valence-corrected chi connectivity index (χ4v) is 4.91. The predicted molar refractivity (Wildman–Crippen MR) is 157 cm³/mol. The predicted octanol–water partition coefficient (Wildman–Crippen LogP) is 7.57. The number of nitrogens with one attached hydrogen (secondary N) is 1. The molecule has 0 heterocycles. The van der Waals surface area contributed by atoms with Crippen molar-refractivity contribution in [3.63, 3.8) is 0 Å². The maximum Gasteiger partial charge on any atom is 0.412 e. The van der Waals surface area contributed by atoms with E-state index in [-0.39, 0.29) is 12.5 Å². The quantitative estimate of drug-likeness (QED) is 0.0490. The first kappa shape index (κ1) is 36.8. The third-order valence-corrected chi connectivity index (χ3v) is 7.19. The van der Waals surface area contributed by atoms with E-state index in [4.69, 9.17) is 10.5 Å². The van der Waals surface area contributed by atoms with Crippen LogP contribution in [0.3, 0.4) is 0 Å². The molecule has 1 amide bonds. The maximum absolute atomic E-state index is 11.2. The second kappa shape index (κ2) is 30.4. The Kier molecular flexibility index (Phi) is 29.4. The van der Waals surface area contributed by atoms with Gasteiger partial charge in [-0.3, -0.25) is 4.79 Å². The largest absolute Gasteiger partial charge is 0.412 e. The van der Waals surface area contributed by atoms with Crippen LogP contribution in [0.4, 0.5) is 4.79 Å². The van der Waals surface area contributed by atoms with E-state index >= 15 is 0 Å². The summed E-state index contributed by atoms with van der Waals surface area (Å²) in [5.74, 6) is -0.510. The molecule has 7 heteroatoms. The van der Waals surface area contributed by atoms with Gasteiger partial charge in [0.2, 0.25) is 0 Å². The summed E-state index contributed by atoms with van der Waals surface area (Å²) in [6.45, 7) is 2.03. The number of primary amides is 1. The minimum Gasteiger partial charge on any atom is -0.389 e. The van der Waals surface area contributed by atoms with Gasteiger partial charge in [0.1, 0.15) is 0 Å². The van der Waals surface area contributed by atoms with Gasteiger partial charge in [-0.15, -0.1) is 0 Å². The molecule has 0 aromatic rings. The van der Waals surface area contributed by atoms with E-state index in [1.165, 1.54) is 128 Å². The van der Waals surface area contributed by atoms with Crippen LogP contribution >= 0.6 is 0 Å². The lowest BCUT2D eigenvalue weighted by Gasteiger charge is -2.10. The minimum absolute atomic E-state index is 0.285. The molecule has 1 unspecified atom stereocenters. The van der Waals surface area contributed by atoms with Gasteiger partial charge in [0.15, 0.2) is 0 Å². The van der Waals surface area contributed by atoms with Gasteiger partial charge in [-0.1, -0.05) is 135 Å². The summed E-state index contributed by atoms with van der Waals surface area (Å²) in [6.07, 6.45) is 29.0. The maximum atomic E-state index is 11.2. The van der Waals surface area contributed by atoms with Crippen LogP contribution in [0.5, 0.6) is 0 Å². The van der Waals surface area contributed by atoms with Crippen molar-refractivity contribution in [2.24, 2.45) is 5.73 Å². The number of methoxy groups -OCH3 is 1. The zero-order valence-corrected chi connectivity index (χ0v) is 24.8. The van der Waals surface area contributed by atoms with Gasteiger partial charge >= 0.3 is 12.1 Å². The Hall–Kier alpha value is -1.18. The summed E-state index contributed by atoms with van der Waals surface area (Å²) >= 11 is 0. The highest BCUT2D eigenvalue weighted by molar-refractivity contribution is 5.83. The Morgan fingerprint density at radius 1 is 0.632 bits per heavy atom. The molecule has 0 rings (SSSR count). The van der Waals surface area contributed by atoms with E-state index in [1.54, 1.807) is 7.11 Å². The number of hydrogen-bond donors (Lipinski definition) is 3. The van der Waals surface area contributed by atoms with E-state index in [0.717, 1.165) is 25.8 Å². The topological polar surface area (TPSA) is 111 Å². The van der Waals surface area contributed by atoms with Crippen LogP contribution in [-0.2, 0) is 14.3 Å². The summed E-state index contributed by atoms with van der Waals surface area (Å²) in [4.78, 5) is 21.6. The Labute approximate surface area is 234 Å². The third kappa shape index (κ3) is 31.0. The molecule has 38 heavy (non-hydrogen) atoms. The van der Waals surface area contributed by atoms with Crippen molar-refractivity contribution in [3.8, 4) is 0 Å². The average Bonchev–Trinajstić information content (AvgIpc) is 2.88. The summed E-state index contributed by atoms with van der Waals surface area (Å²) < 4.78 is 9.23. The van der Waals surface area contributed by atoms with Crippen molar-refractivity contribution in [2.45, 2.75) is 160 Å². The van der Waals surface area contributed by atoms with Crippen LogP contribution in [0, 0.1) is 0 Å².